The maximum atomic E-state index is 5.41. The molecule has 1 aromatic rings. The topological polar surface area (TPSA) is 18.5 Å². The van der Waals surface area contributed by atoms with E-state index in [0.717, 1.165) is 17.1 Å². The van der Waals surface area contributed by atoms with Gasteiger partial charge in [0.05, 0.1) is 7.11 Å². The van der Waals surface area contributed by atoms with Crippen molar-refractivity contribution in [3.05, 3.63) is 36.4 Å². The predicted octanol–water partition coefficient (Wildman–Crippen LogP) is 2.57. The number of para-hydroxylation sites is 1. The molecule has 0 atom stereocenters. The van der Waals surface area contributed by atoms with Crippen molar-refractivity contribution in [1.29, 1.82) is 0 Å². The van der Waals surface area contributed by atoms with Gasteiger partial charge in [-0.25, -0.2) is 0 Å². The van der Waals surface area contributed by atoms with Gasteiger partial charge in [-0.05, 0) is 18.6 Å². The Morgan fingerprint density at radius 1 is 1.46 bits per heavy atom. The maximum absolute atomic E-state index is 5.41. The van der Waals surface area contributed by atoms with Gasteiger partial charge in [-0.2, -0.15) is 0 Å². The van der Waals surface area contributed by atoms with E-state index in [1.807, 2.05) is 25.1 Å². The van der Waals surface area contributed by atoms with Crippen LogP contribution in [0.25, 0.3) is 0 Å². The van der Waals surface area contributed by atoms with Crippen LogP contribution >= 0.6 is 0 Å². The Hall–Kier alpha value is -1.44. The number of hydrogen-bond acceptors (Lipinski definition) is 2. The van der Waals surface area contributed by atoms with Crippen molar-refractivity contribution in [3.63, 3.8) is 0 Å². The van der Waals surface area contributed by atoms with E-state index < -0.39 is 0 Å². The summed E-state index contributed by atoms with van der Waals surface area (Å²) in [6, 6.07) is 5.81. The third kappa shape index (κ3) is 2.25. The van der Waals surface area contributed by atoms with Crippen molar-refractivity contribution in [2.45, 2.75) is 6.92 Å². The third-order valence-electron chi connectivity index (χ3n) is 1.74. The molecule has 2 nitrogen and oxygen atoms in total. The molecule has 0 aliphatic rings. The molecule has 0 radical (unpaired) electrons. The lowest BCUT2D eigenvalue weighted by molar-refractivity contribution is 0.325. The van der Waals surface area contributed by atoms with Gasteiger partial charge < -0.3 is 9.47 Å². The Bertz CT molecular complexity index is 292. The number of ether oxygens (including phenoxy) is 2. The number of aryl methyl sites for hydroxylation is 1. The van der Waals surface area contributed by atoms with E-state index in [0.29, 0.717) is 6.61 Å². The Morgan fingerprint density at radius 3 is 2.85 bits per heavy atom. The second kappa shape index (κ2) is 4.55. The molecule has 0 saturated heterocycles. The summed E-state index contributed by atoms with van der Waals surface area (Å²) in [4.78, 5) is 0. The lowest BCUT2D eigenvalue weighted by atomic mass is 10.2. The standard InChI is InChI=1S/C11H14O2/c1-4-8-13-10-7-5-6-9(2)11(10)12-3/h4-7H,1,8H2,2-3H3. The van der Waals surface area contributed by atoms with Crippen LogP contribution in [0.5, 0.6) is 11.5 Å². The van der Waals surface area contributed by atoms with Gasteiger partial charge in [0.25, 0.3) is 0 Å². The molecular formula is C11H14O2. The van der Waals surface area contributed by atoms with Gasteiger partial charge in [0.1, 0.15) is 6.61 Å². The summed E-state index contributed by atoms with van der Waals surface area (Å²) in [5.74, 6) is 1.56. The SMILES string of the molecule is C=CCOc1cccc(C)c1OC. The summed E-state index contributed by atoms with van der Waals surface area (Å²) in [6.45, 7) is 6.07. The molecule has 0 aromatic heterocycles. The van der Waals surface area contributed by atoms with Gasteiger partial charge in [0, 0.05) is 0 Å². The van der Waals surface area contributed by atoms with E-state index in [1.54, 1.807) is 13.2 Å². The second-order valence-electron chi connectivity index (χ2n) is 2.71. The minimum atomic E-state index is 0.500. The zero-order valence-corrected chi connectivity index (χ0v) is 8.04. The molecule has 70 valence electrons. The van der Waals surface area contributed by atoms with Crippen LogP contribution in [0, 0.1) is 6.92 Å². The number of rotatable bonds is 4. The van der Waals surface area contributed by atoms with Crippen LogP contribution in [0.1, 0.15) is 5.56 Å². The lowest BCUT2D eigenvalue weighted by Gasteiger charge is -2.10. The highest BCUT2D eigenvalue weighted by Gasteiger charge is 2.05. The summed E-state index contributed by atoms with van der Waals surface area (Å²) in [7, 11) is 1.64. The van der Waals surface area contributed by atoms with Gasteiger partial charge in [0.15, 0.2) is 11.5 Å². The molecule has 0 amide bonds. The minimum absolute atomic E-state index is 0.500. The van der Waals surface area contributed by atoms with Crippen LogP contribution in [0.3, 0.4) is 0 Å². The Morgan fingerprint density at radius 2 is 2.23 bits per heavy atom. The zero-order chi connectivity index (χ0) is 9.68. The molecule has 2 heteroatoms. The first-order valence-corrected chi connectivity index (χ1v) is 4.17. The van der Waals surface area contributed by atoms with Crippen LogP contribution in [0.2, 0.25) is 0 Å². The quantitative estimate of drug-likeness (QED) is 0.660. The summed E-state index contributed by atoms with van der Waals surface area (Å²) in [5.41, 5.74) is 1.07. The minimum Gasteiger partial charge on any atom is -0.493 e. The van der Waals surface area contributed by atoms with E-state index in [4.69, 9.17) is 9.47 Å². The molecule has 0 spiro atoms. The fraction of sp³-hybridized carbons (Fsp3) is 0.273. The van der Waals surface area contributed by atoms with Crippen LogP contribution < -0.4 is 9.47 Å². The van der Waals surface area contributed by atoms with Gasteiger partial charge in [0.2, 0.25) is 0 Å². The molecule has 0 bridgehead atoms. The number of methoxy groups -OCH3 is 1. The van der Waals surface area contributed by atoms with E-state index in [9.17, 15) is 0 Å². The molecule has 0 aliphatic carbocycles. The van der Waals surface area contributed by atoms with Crippen molar-refractivity contribution < 1.29 is 9.47 Å². The van der Waals surface area contributed by atoms with Crippen molar-refractivity contribution in [2.24, 2.45) is 0 Å². The Labute approximate surface area is 78.8 Å². The fourth-order valence-corrected chi connectivity index (χ4v) is 1.15. The van der Waals surface area contributed by atoms with E-state index >= 15 is 0 Å². The highest BCUT2D eigenvalue weighted by atomic mass is 16.5. The summed E-state index contributed by atoms with van der Waals surface area (Å²) >= 11 is 0. The van der Waals surface area contributed by atoms with Crippen molar-refractivity contribution in [1.82, 2.24) is 0 Å². The van der Waals surface area contributed by atoms with Gasteiger partial charge >= 0.3 is 0 Å². The van der Waals surface area contributed by atoms with Crippen LogP contribution in [-0.4, -0.2) is 13.7 Å². The fourth-order valence-electron chi connectivity index (χ4n) is 1.15. The summed E-state index contributed by atoms with van der Waals surface area (Å²) < 4.78 is 10.6. The molecule has 1 aromatic carbocycles. The maximum Gasteiger partial charge on any atom is 0.163 e. The van der Waals surface area contributed by atoms with E-state index in [1.165, 1.54) is 0 Å². The van der Waals surface area contributed by atoms with Crippen molar-refractivity contribution in [3.8, 4) is 11.5 Å². The largest absolute Gasteiger partial charge is 0.493 e. The second-order valence-corrected chi connectivity index (χ2v) is 2.71. The van der Waals surface area contributed by atoms with Crippen LogP contribution in [0.4, 0.5) is 0 Å². The highest BCUT2D eigenvalue weighted by Crippen LogP contribution is 2.29. The Balaban J connectivity index is 2.91. The monoisotopic (exact) mass is 178 g/mol. The molecule has 0 aliphatic heterocycles. The molecular weight excluding hydrogens is 164 g/mol. The summed E-state index contributed by atoms with van der Waals surface area (Å²) in [6.07, 6.45) is 1.71. The predicted molar refractivity (Wildman–Crippen MR) is 53.4 cm³/mol. The average Bonchev–Trinajstić information content (AvgIpc) is 2.15. The average molecular weight is 178 g/mol. The van der Waals surface area contributed by atoms with Crippen molar-refractivity contribution in [2.75, 3.05) is 13.7 Å². The zero-order valence-electron chi connectivity index (χ0n) is 8.04. The van der Waals surface area contributed by atoms with Crippen LogP contribution in [0.15, 0.2) is 30.9 Å². The molecule has 0 unspecified atom stereocenters. The number of benzene rings is 1. The third-order valence-corrected chi connectivity index (χ3v) is 1.74. The van der Waals surface area contributed by atoms with E-state index in [-0.39, 0.29) is 0 Å². The van der Waals surface area contributed by atoms with Gasteiger partial charge in [-0.3, -0.25) is 0 Å². The normalized spacial score (nSPS) is 9.38. The molecule has 0 N–H and O–H groups in total. The first kappa shape index (κ1) is 9.65. The lowest BCUT2D eigenvalue weighted by Crippen LogP contribution is -1.97. The molecule has 1 rings (SSSR count). The molecule has 13 heavy (non-hydrogen) atoms. The first-order valence-electron chi connectivity index (χ1n) is 4.17. The summed E-state index contributed by atoms with van der Waals surface area (Å²) in [5, 5.41) is 0. The smallest absolute Gasteiger partial charge is 0.163 e. The van der Waals surface area contributed by atoms with Crippen molar-refractivity contribution >= 4 is 0 Å². The molecule has 0 fully saturated rings. The number of hydrogen-bond donors (Lipinski definition) is 0. The van der Waals surface area contributed by atoms with Gasteiger partial charge in [-0.1, -0.05) is 24.8 Å². The highest BCUT2D eigenvalue weighted by molar-refractivity contribution is 5.45. The molecule has 0 saturated carbocycles. The van der Waals surface area contributed by atoms with Gasteiger partial charge in [-0.15, -0.1) is 0 Å². The van der Waals surface area contributed by atoms with E-state index in [2.05, 4.69) is 6.58 Å². The van der Waals surface area contributed by atoms with Crippen LogP contribution in [-0.2, 0) is 0 Å². The Kier molecular flexibility index (Phi) is 3.38. The first-order chi connectivity index (χ1) is 6.29. The molecule has 0 heterocycles.